The molecule has 2 aliphatic heterocycles. The van der Waals surface area contributed by atoms with Crippen molar-refractivity contribution in [3.63, 3.8) is 0 Å². The first-order valence-electron chi connectivity index (χ1n) is 9.63. The fraction of sp³-hybridized carbons (Fsp3) is 0.600. The van der Waals surface area contributed by atoms with E-state index in [0.29, 0.717) is 11.8 Å². The third-order valence-corrected chi connectivity index (χ3v) is 6.93. The number of thiazole rings is 1. The number of fused-ring (bicyclic) bond motifs is 1. The van der Waals surface area contributed by atoms with E-state index in [0.717, 1.165) is 63.3 Å². The Labute approximate surface area is 177 Å². The first-order chi connectivity index (χ1) is 12.3. The smallest absolute Gasteiger partial charge is 0.222 e. The lowest BCUT2D eigenvalue weighted by molar-refractivity contribution is -0.132. The first-order valence-corrected chi connectivity index (χ1v) is 10.5. The predicted molar refractivity (Wildman–Crippen MR) is 117 cm³/mol. The van der Waals surface area contributed by atoms with Crippen LogP contribution in [0.25, 0.3) is 10.2 Å². The van der Waals surface area contributed by atoms with Crippen molar-refractivity contribution in [1.29, 1.82) is 0 Å². The van der Waals surface area contributed by atoms with Gasteiger partial charge in [0.15, 0.2) is 0 Å². The summed E-state index contributed by atoms with van der Waals surface area (Å²) >= 11 is 1.82. The summed E-state index contributed by atoms with van der Waals surface area (Å²) in [5, 5.41) is 4.65. The molecule has 0 spiro atoms. The number of piperidine rings is 2. The number of nitrogens with zero attached hydrogens (tertiary/aromatic N) is 2. The van der Waals surface area contributed by atoms with Crippen LogP contribution < -0.4 is 5.32 Å². The number of carbonyl (C=O) groups excluding carboxylic acids is 1. The average Bonchev–Trinajstić information content (AvgIpc) is 3.11. The molecule has 0 atom stereocenters. The van der Waals surface area contributed by atoms with Gasteiger partial charge in [-0.05, 0) is 63.2 Å². The third-order valence-electron chi connectivity index (χ3n) is 5.73. The second kappa shape index (κ2) is 10.6. The van der Waals surface area contributed by atoms with Gasteiger partial charge >= 0.3 is 0 Å². The number of nitrogens with one attached hydrogen (secondary N) is 1. The summed E-state index contributed by atoms with van der Waals surface area (Å²) in [6.45, 7) is 4.02. The molecule has 7 heteroatoms. The average molecular weight is 430 g/mol. The molecule has 27 heavy (non-hydrogen) atoms. The molecule has 4 nitrogen and oxygen atoms in total. The normalized spacial score (nSPS) is 18.7. The number of aromatic nitrogens is 1. The molecule has 2 saturated heterocycles. The highest BCUT2D eigenvalue weighted by Crippen LogP contribution is 2.34. The highest BCUT2D eigenvalue weighted by molar-refractivity contribution is 7.18. The fourth-order valence-electron chi connectivity index (χ4n) is 4.10. The highest BCUT2D eigenvalue weighted by atomic mass is 35.5. The van der Waals surface area contributed by atoms with Crippen LogP contribution in [0.1, 0.15) is 49.5 Å². The Balaban J connectivity index is 0.00000131. The van der Waals surface area contributed by atoms with Gasteiger partial charge in [-0.2, -0.15) is 0 Å². The lowest BCUT2D eigenvalue weighted by Crippen LogP contribution is -2.38. The van der Waals surface area contributed by atoms with Crippen molar-refractivity contribution in [1.82, 2.24) is 15.2 Å². The Kier molecular flexibility index (Phi) is 8.80. The molecule has 1 amide bonds. The minimum absolute atomic E-state index is 0. The zero-order valence-corrected chi connectivity index (χ0v) is 18.0. The van der Waals surface area contributed by atoms with Gasteiger partial charge in [0.2, 0.25) is 5.91 Å². The Hall–Kier alpha value is -0.880. The zero-order valence-electron chi connectivity index (χ0n) is 15.6. The Morgan fingerprint density at radius 1 is 1.11 bits per heavy atom. The van der Waals surface area contributed by atoms with Gasteiger partial charge in [0.1, 0.15) is 0 Å². The summed E-state index contributed by atoms with van der Waals surface area (Å²) < 4.78 is 1.28. The van der Waals surface area contributed by atoms with Crippen molar-refractivity contribution in [2.75, 3.05) is 26.2 Å². The van der Waals surface area contributed by atoms with Crippen LogP contribution in [0.5, 0.6) is 0 Å². The van der Waals surface area contributed by atoms with E-state index in [9.17, 15) is 4.79 Å². The van der Waals surface area contributed by atoms with Gasteiger partial charge in [0, 0.05) is 25.4 Å². The Morgan fingerprint density at radius 2 is 1.81 bits per heavy atom. The summed E-state index contributed by atoms with van der Waals surface area (Å²) in [6, 6.07) is 8.37. The molecule has 0 saturated carbocycles. The van der Waals surface area contributed by atoms with Crippen molar-refractivity contribution in [2.45, 2.75) is 44.4 Å². The predicted octanol–water partition coefficient (Wildman–Crippen LogP) is 4.63. The van der Waals surface area contributed by atoms with Crippen LogP contribution >= 0.6 is 36.2 Å². The van der Waals surface area contributed by atoms with E-state index in [1.807, 2.05) is 11.3 Å². The number of rotatable bonds is 4. The first kappa shape index (κ1) is 22.4. The van der Waals surface area contributed by atoms with Gasteiger partial charge < -0.3 is 10.2 Å². The van der Waals surface area contributed by atoms with Crippen molar-refractivity contribution in [2.24, 2.45) is 5.92 Å². The quantitative estimate of drug-likeness (QED) is 0.770. The van der Waals surface area contributed by atoms with Crippen LogP contribution in [-0.4, -0.2) is 42.0 Å². The molecule has 0 radical (unpaired) electrons. The van der Waals surface area contributed by atoms with Gasteiger partial charge in [-0.3, -0.25) is 4.79 Å². The number of amides is 1. The molecule has 2 aliphatic rings. The molecule has 150 valence electrons. The van der Waals surface area contributed by atoms with Crippen LogP contribution in [0.4, 0.5) is 0 Å². The molecule has 0 aliphatic carbocycles. The van der Waals surface area contributed by atoms with Gasteiger partial charge in [-0.1, -0.05) is 12.1 Å². The van der Waals surface area contributed by atoms with Gasteiger partial charge in [0.25, 0.3) is 0 Å². The molecule has 1 aromatic heterocycles. The molecule has 1 aromatic carbocycles. The molecular weight excluding hydrogens is 401 g/mol. The minimum Gasteiger partial charge on any atom is -0.343 e. The number of likely N-dealkylation sites (tertiary alicyclic amines) is 1. The van der Waals surface area contributed by atoms with E-state index in [-0.39, 0.29) is 24.8 Å². The molecule has 3 heterocycles. The van der Waals surface area contributed by atoms with E-state index >= 15 is 0 Å². The van der Waals surface area contributed by atoms with Crippen LogP contribution in [0.2, 0.25) is 0 Å². The molecular formula is C20H29Cl2N3OS. The monoisotopic (exact) mass is 429 g/mol. The van der Waals surface area contributed by atoms with Gasteiger partial charge in [-0.25, -0.2) is 4.98 Å². The number of halogens is 2. The largest absolute Gasteiger partial charge is 0.343 e. The van der Waals surface area contributed by atoms with Crippen LogP contribution in [0.15, 0.2) is 24.3 Å². The summed E-state index contributed by atoms with van der Waals surface area (Å²) in [6.07, 6.45) is 6.37. The Bertz CT molecular complexity index is 692. The highest BCUT2D eigenvalue weighted by Gasteiger charge is 2.26. The number of carbonyl (C=O) groups is 1. The van der Waals surface area contributed by atoms with Crippen LogP contribution in [0.3, 0.4) is 0 Å². The van der Waals surface area contributed by atoms with Gasteiger partial charge in [-0.15, -0.1) is 36.2 Å². The van der Waals surface area contributed by atoms with Crippen molar-refractivity contribution >= 4 is 52.3 Å². The summed E-state index contributed by atoms with van der Waals surface area (Å²) in [7, 11) is 0. The van der Waals surface area contributed by atoms with Crippen molar-refractivity contribution in [3.8, 4) is 0 Å². The summed E-state index contributed by atoms with van der Waals surface area (Å²) in [5.41, 5.74) is 1.11. The molecule has 4 rings (SSSR count). The SMILES string of the molecule is Cl.Cl.O=C(CCC1CCNCC1)N1CCC(c2nc3ccccc3s2)CC1. The van der Waals surface area contributed by atoms with E-state index in [2.05, 4.69) is 34.5 Å². The molecule has 0 unspecified atom stereocenters. The zero-order chi connectivity index (χ0) is 17.1. The van der Waals surface area contributed by atoms with Crippen LogP contribution in [-0.2, 0) is 4.79 Å². The number of hydrogen-bond donors (Lipinski definition) is 1. The van der Waals surface area contributed by atoms with E-state index < -0.39 is 0 Å². The van der Waals surface area contributed by atoms with Crippen molar-refractivity contribution in [3.05, 3.63) is 29.3 Å². The second-order valence-electron chi connectivity index (χ2n) is 7.41. The number of para-hydroxylation sites is 1. The Morgan fingerprint density at radius 3 is 2.52 bits per heavy atom. The molecule has 2 fully saturated rings. The summed E-state index contributed by atoms with van der Waals surface area (Å²) in [4.78, 5) is 19.4. The maximum absolute atomic E-state index is 12.5. The molecule has 2 aromatic rings. The van der Waals surface area contributed by atoms with E-state index in [1.165, 1.54) is 22.5 Å². The second-order valence-corrected chi connectivity index (χ2v) is 8.47. The topological polar surface area (TPSA) is 45.2 Å². The maximum Gasteiger partial charge on any atom is 0.222 e. The van der Waals surface area contributed by atoms with E-state index in [1.54, 1.807) is 0 Å². The lowest BCUT2D eigenvalue weighted by Gasteiger charge is -2.32. The number of hydrogen-bond acceptors (Lipinski definition) is 4. The molecule has 1 N–H and O–H groups in total. The standard InChI is InChI=1S/C20H27N3OS.2ClH/c24-19(6-5-15-7-11-21-12-8-15)23-13-9-16(10-14-23)20-22-17-3-1-2-4-18(17)25-20;;/h1-4,15-16,21H,5-14H2;2*1H. The number of benzene rings is 1. The maximum atomic E-state index is 12.5. The van der Waals surface area contributed by atoms with Crippen molar-refractivity contribution < 1.29 is 4.79 Å². The van der Waals surface area contributed by atoms with Crippen LogP contribution in [0, 0.1) is 5.92 Å². The van der Waals surface area contributed by atoms with E-state index in [4.69, 9.17) is 4.98 Å². The molecule has 0 bridgehead atoms. The summed E-state index contributed by atoms with van der Waals surface area (Å²) in [5.74, 6) is 1.62. The fourth-order valence-corrected chi connectivity index (χ4v) is 5.23. The minimum atomic E-state index is 0. The van der Waals surface area contributed by atoms with Gasteiger partial charge in [0.05, 0.1) is 15.2 Å². The third kappa shape index (κ3) is 5.57. The lowest BCUT2D eigenvalue weighted by atomic mass is 9.92.